The number of benzene rings is 1. The second-order valence-electron chi connectivity index (χ2n) is 5.00. The average molecular weight is 330 g/mol. The molecule has 0 radical (unpaired) electrons. The first-order valence-corrected chi connectivity index (χ1v) is 7.81. The van der Waals surface area contributed by atoms with Gasteiger partial charge in [0.1, 0.15) is 18.1 Å². The summed E-state index contributed by atoms with van der Waals surface area (Å²) in [5.74, 6) is 1.39. The molecule has 0 saturated heterocycles. The predicted octanol–water partition coefficient (Wildman–Crippen LogP) is 1.47. The summed E-state index contributed by atoms with van der Waals surface area (Å²) in [5.41, 5.74) is 0.506. The normalized spacial score (nSPS) is 11.1. The van der Waals surface area contributed by atoms with Crippen LogP contribution in [0, 0.1) is 0 Å². The molecule has 0 bridgehead atoms. The van der Waals surface area contributed by atoms with E-state index < -0.39 is 0 Å². The lowest BCUT2D eigenvalue weighted by Gasteiger charge is -2.11. The number of nitrogens with one attached hydrogen (secondary N) is 3. The third-order valence-corrected chi connectivity index (χ3v) is 3.15. The third-order valence-electron chi connectivity index (χ3n) is 3.15. The van der Waals surface area contributed by atoms with E-state index >= 15 is 0 Å². The van der Waals surface area contributed by atoms with Gasteiger partial charge >= 0.3 is 0 Å². The maximum Gasteiger partial charge on any atom is 0.251 e. The Morgan fingerprint density at radius 2 is 1.88 bits per heavy atom. The van der Waals surface area contributed by atoms with Crippen LogP contribution in [0.4, 0.5) is 0 Å². The van der Waals surface area contributed by atoms with Gasteiger partial charge in [0.2, 0.25) is 0 Å². The summed E-state index contributed by atoms with van der Waals surface area (Å²) in [6.07, 6.45) is 1.62. The number of aliphatic imine (C=N–C) groups is 1. The molecule has 0 atom stereocenters. The standard InChI is InChI=1S/C17H22N4O3/c1-2-18-17(21-12-15-4-3-11-24-15)20-10-9-19-16(23)13-5-7-14(22)8-6-13/h3-8,11,22H,2,9-10,12H2,1H3,(H,19,23)(H2,18,20,21). The molecule has 1 aromatic heterocycles. The number of rotatable bonds is 7. The molecule has 7 heteroatoms. The fourth-order valence-electron chi connectivity index (χ4n) is 1.97. The van der Waals surface area contributed by atoms with Gasteiger partial charge in [-0.05, 0) is 43.3 Å². The van der Waals surface area contributed by atoms with E-state index in [1.54, 1.807) is 18.4 Å². The van der Waals surface area contributed by atoms with Gasteiger partial charge in [-0.2, -0.15) is 0 Å². The SMILES string of the molecule is CCNC(=NCc1ccco1)NCCNC(=O)c1ccc(O)cc1. The van der Waals surface area contributed by atoms with E-state index in [-0.39, 0.29) is 11.7 Å². The van der Waals surface area contributed by atoms with E-state index in [0.29, 0.717) is 31.2 Å². The Labute approximate surface area is 140 Å². The number of aromatic hydroxyl groups is 1. The third kappa shape index (κ3) is 5.68. The van der Waals surface area contributed by atoms with Gasteiger partial charge in [-0.1, -0.05) is 0 Å². The number of guanidine groups is 1. The Bertz CT molecular complexity index is 651. The summed E-state index contributed by atoms with van der Waals surface area (Å²) < 4.78 is 5.24. The zero-order valence-corrected chi connectivity index (χ0v) is 13.6. The number of hydrogen-bond donors (Lipinski definition) is 4. The van der Waals surface area contributed by atoms with Crippen LogP contribution in [0.25, 0.3) is 0 Å². The van der Waals surface area contributed by atoms with E-state index in [4.69, 9.17) is 4.42 Å². The van der Waals surface area contributed by atoms with Crippen molar-refractivity contribution in [2.45, 2.75) is 13.5 Å². The Hall–Kier alpha value is -2.96. The molecule has 1 heterocycles. The molecule has 128 valence electrons. The van der Waals surface area contributed by atoms with Crippen molar-refractivity contribution >= 4 is 11.9 Å². The van der Waals surface area contributed by atoms with Gasteiger partial charge in [0.15, 0.2) is 5.96 Å². The lowest BCUT2D eigenvalue weighted by Crippen LogP contribution is -2.41. The maximum atomic E-state index is 11.9. The Balaban J connectivity index is 1.74. The molecule has 0 unspecified atom stereocenters. The van der Waals surface area contributed by atoms with Crippen LogP contribution in [0.1, 0.15) is 23.0 Å². The van der Waals surface area contributed by atoms with Gasteiger partial charge in [0.05, 0.1) is 6.26 Å². The minimum Gasteiger partial charge on any atom is -0.508 e. The fourth-order valence-corrected chi connectivity index (χ4v) is 1.97. The van der Waals surface area contributed by atoms with Crippen LogP contribution < -0.4 is 16.0 Å². The Kier molecular flexibility index (Phi) is 6.70. The molecular formula is C17H22N4O3. The number of phenolic OH excluding ortho intramolecular Hbond substituents is 1. The fraction of sp³-hybridized carbons (Fsp3) is 0.294. The topological polar surface area (TPSA) is 98.9 Å². The van der Waals surface area contributed by atoms with Gasteiger partial charge in [-0.25, -0.2) is 4.99 Å². The van der Waals surface area contributed by atoms with E-state index in [0.717, 1.165) is 12.3 Å². The quantitative estimate of drug-likeness (QED) is 0.350. The highest BCUT2D eigenvalue weighted by Gasteiger charge is 2.04. The molecule has 0 aliphatic carbocycles. The summed E-state index contributed by atoms with van der Waals surface area (Å²) in [7, 11) is 0. The largest absolute Gasteiger partial charge is 0.508 e. The number of carbonyl (C=O) groups excluding carboxylic acids is 1. The van der Waals surface area contributed by atoms with E-state index in [2.05, 4.69) is 20.9 Å². The molecule has 24 heavy (non-hydrogen) atoms. The molecule has 0 fully saturated rings. The summed E-state index contributed by atoms with van der Waals surface area (Å²) in [5, 5.41) is 18.3. The van der Waals surface area contributed by atoms with Crippen LogP contribution in [-0.2, 0) is 6.54 Å². The molecule has 2 aromatic rings. The van der Waals surface area contributed by atoms with Crippen molar-refractivity contribution in [3.63, 3.8) is 0 Å². The van der Waals surface area contributed by atoms with Crippen LogP contribution in [0.15, 0.2) is 52.1 Å². The van der Waals surface area contributed by atoms with Gasteiger partial charge in [0.25, 0.3) is 5.91 Å². The maximum absolute atomic E-state index is 11.9. The van der Waals surface area contributed by atoms with Crippen molar-refractivity contribution in [2.24, 2.45) is 4.99 Å². The van der Waals surface area contributed by atoms with Gasteiger partial charge in [-0.15, -0.1) is 0 Å². The van der Waals surface area contributed by atoms with E-state index in [1.807, 2.05) is 19.1 Å². The number of amides is 1. The number of phenols is 1. The lowest BCUT2D eigenvalue weighted by atomic mass is 10.2. The zero-order valence-electron chi connectivity index (χ0n) is 13.6. The van der Waals surface area contributed by atoms with Crippen molar-refractivity contribution in [2.75, 3.05) is 19.6 Å². The molecular weight excluding hydrogens is 308 g/mol. The predicted molar refractivity (Wildman–Crippen MR) is 92.0 cm³/mol. The first-order chi connectivity index (χ1) is 11.7. The van der Waals surface area contributed by atoms with Crippen molar-refractivity contribution in [1.82, 2.24) is 16.0 Å². The highest BCUT2D eigenvalue weighted by molar-refractivity contribution is 5.94. The van der Waals surface area contributed by atoms with Crippen molar-refractivity contribution in [3.8, 4) is 5.75 Å². The second-order valence-corrected chi connectivity index (χ2v) is 5.00. The average Bonchev–Trinajstić information content (AvgIpc) is 3.10. The number of furan rings is 1. The van der Waals surface area contributed by atoms with Crippen LogP contribution in [0.2, 0.25) is 0 Å². The first-order valence-electron chi connectivity index (χ1n) is 7.81. The molecule has 7 nitrogen and oxygen atoms in total. The van der Waals surface area contributed by atoms with Crippen molar-refractivity contribution in [3.05, 3.63) is 54.0 Å². The monoisotopic (exact) mass is 330 g/mol. The smallest absolute Gasteiger partial charge is 0.251 e. The van der Waals surface area contributed by atoms with Crippen LogP contribution in [0.3, 0.4) is 0 Å². The van der Waals surface area contributed by atoms with Crippen LogP contribution >= 0.6 is 0 Å². The molecule has 0 saturated carbocycles. The highest BCUT2D eigenvalue weighted by Crippen LogP contribution is 2.09. The molecule has 2 rings (SSSR count). The zero-order chi connectivity index (χ0) is 17.2. The first kappa shape index (κ1) is 17.4. The summed E-state index contributed by atoms with van der Waals surface area (Å²) >= 11 is 0. The Morgan fingerprint density at radius 3 is 2.54 bits per heavy atom. The van der Waals surface area contributed by atoms with Gasteiger partial charge in [-0.3, -0.25) is 4.79 Å². The number of nitrogens with zero attached hydrogens (tertiary/aromatic N) is 1. The van der Waals surface area contributed by atoms with Gasteiger partial charge < -0.3 is 25.5 Å². The summed E-state index contributed by atoms with van der Waals surface area (Å²) in [6.45, 7) is 4.15. The summed E-state index contributed by atoms with van der Waals surface area (Å²) in [4.78, 5) is 16.3. The van der Waals surface area contributed by atoms with Gasteiger partial charge in [0, 0.05) is 25.2 Å². The van der Waals surface area contributed by atoms with Crippen LogP contribution in [-0.4, -0.2) is 36.6 Å². The second kappa shape index (κ2) is 9.24. The molecule has 1 amide bonds. The molecule has 0 spiro atoms. The number of hydrogen-bond acceptors (Lipinski definition) is 4. The minimum absolute atomic E-state index is 0.135. The molecule has 1 aromatic carbocycles. The summed E-state index contributed by atoms with van der Waals surface area (Å²) in [6, 6.07) is 9.81. The highest BCUT2D eigenvalue weighted by atomic mass is 16.3. The lowest BCUT2D eigenvalue weighted by molar-refractivity contribution is 0.0954. The van der Waals surface area contributed by atoms with E-state index in [9.17, 15) is 9.90 Å². The number of carbonyl (C=O) groups is 1. The Morgan fingerprint density at radius 1 is 1.12 bits per heavy atom. The van der Waals surface area contributed by atoms with Crippen LogP contribution in [0.5, 0.6) is 5.75 Å². The molecule has 4 N–H and O–H groups in total. The molecule has 0 aliphatic heterocycles. The van der Waals surface area contributed by atoms with E-state index in [1.165, 1.54) is 12.1 Å². The molecule has 0 aliphatic rings. The van der Waals surface area contributed by atoms with Crippen molar-refractivity contribution in [1.29, 1.82) is 0 Å². The minimum atomic E-state index is -0.186. The van der Waals surface area contributed by atoms with Crippen molar-refractivity contribution < 1.29 is 14.3 Å².